The van der Waals surface area contributed by atoms with Gasteiger partial charge in [-0.15, -0.1) is 0 Å². The van der Waals surface area contributed by atoms with Gasteiger partial charge in [0.05, 0.1) is 12.2 Å². The highest BCUT2D eigenvalue weighted by atomic mass is 16.4. The maximum Gasteiger partial charge on any atom is 0.226 e. The van der Waals surface area contributed by atoms with E-state index in [1.54, 1.807) is 0 Å². The molecule has 0 saturated heterocycles. The Kier molecular flexibility index (Phi) is 2.26. The zero-order chi connectivity index (χ0) is 11.0. The van der Waals surface area contributed by atoms with Crippen LogP contribution in [0, 0.1) is 6.92 Å². The molecule has 0 radical (unpaired) electrons. The number of rotatable bonds is 1. The first kappa shape index (κ1) is 9.60. The number of hydrogen-bond donors (Lipinski definition) is 1. The Bertz CT molecular complexity index is 493. The Labute approximate surface area is 94.5 Å². The fourth-order valence-electron chi connectivity index (χ4n) is 2.03. The molecular formula is C13H14N2O. The van der Waals surface area contributed by atoms with Gasteiger partial charge in [0, 0.05) is 18.5 Å². The van der Waals surface area contributed by atoms with E-state index in [1.165, 1.54) is 5.56 Å². The summed E-state index contributed by atoms with van der Waals surface area (Å²) in [6.07, 6.45) is 0.963. The number of aromatic nitrogens is 1. The SMILES string of the molecule is Cc1cccc(-c2nc3c(o2)CNCC3)c1. The van der Waals surface area contributed by atoms with Crippen molar-refractivity contribution in [3.63, 3.8) is 0 Å². The van der Waals surface area contributed by atoms with Gasteiger partial charge < -0.3 is 9.73 Å². The van der Waals surface area contributed by atoms with E-state index in [2.05, 4.69) is 29.4 Å². The van der Waals surface area contributed by atoms with Crippen LogP contribution in [0.2, 0.25) is 0 Å². The molecule has 3 heteroatoms. The highest BCUT2D eigenvalue weighted by Gasteiger charge is 2.17. The van der Waals surface area contributed by atoms with E-state index in [1.807, 2.05) is 12.1 Å². The smallest absolute Gasteiger partial charge is 0.226 e. The van der Waals surface area contributed by atoms with Gasteiger partial charge in [0.25, 0.3) is 0 Å². The van der Waals surface area contributed by atoms with E-state index in [9.17, 15) is 0 Å². The number of hydrogen-bond acceptors (Lipinski definition) is 3. The topological polar surface area (TPSA) is 38.1 Å². The summed E-state index contributed by atoms with van der Waals surface area (Å²) in [6.45, 7) is 3.87. The average Bonchev–Trinajstić information content (AvgIpc) is 2.72. The molecular weight excluding hydrogens is 200 g/mol. The lowest BCUT2D eigenvalue weighted by Crippen LogP contribution is -2.22. The van der Waals surface area contributed by atoms with Crippen molar-refractivity contribution < 1.29 is 4.42 Å². The fraction of sp³-hybridized carbons (Fsp3) is 0.308. The van der Waals surface area contributed by atoms with Crippen LogP contribution >= 0.6 is 0 Å². The molecule has 2 heterocycles. The molecule has 0 fully saturated rings. The third-order valence-corrected chi connectivity index (χ3v) is 2.87. The number of nitrogens with one attached hydrogen (secondary N) is 1. The Hall–Kier alpha value is -1.61. The summed E-state index contributed by atoms with van der Waals surface area (Å²) in [5, 5.41) is 3.28. The Morgan fingerprint density at radius 1 is 1.38 bits per heavy atom. The first-order valence-corrected chi connectivity index (χ1v) is 5.59. The van der Waals surface area contributed by atoms with Crippen molar-refractivity contribution in [3.05, 3.63) is 41.3 Å². The first-order valence-electron chi connectivity index (χ1n) is 5.59. The Morgan fingerprint density at radius 2 is 2.31 bits per heavy atom. The van der Waals surface area contributed by atoms with Crippen LogP contribution in [0.4, 0.5) is 0 Å². The zero-order valence-electron chi connectivity index (χ0n) is 9.29. The molecule has 0 aliphatic carbocycles. The molecule has 1 aromatic heterocycles. The fourth-order valence-corrected chi connectivity index (χ4v) is 2.03. The number of fused-ring (bicyclic) bond motifs is 1. The zero-order valence-corrected chi connectivity index (χ0v) is 9.29. The molecule has 0 saturated carbocycles. The van der Waals surface area contributed by atoms with Gasteiger partial charge in [-0.3, -0.25) is 0 Å². The normalized spacial score (nSPS) is 14.8. The lowest BCUT2D eigenvalue weighted by Gasteiger charge is -2.08. The van der Waals surface area contributed by atoms with Gasteiger partial charge in [0.1, 0.15) is 5.76 Å². The van der Waals surface area contributed by atoms with Crippen molar-refractivity contribution in [3.8, 4) is 11.5 Å². The van der Waals surface area contributed by atoms with Gasteiger partial charge in [-0.1, -0.05) is 17.7 Å². The number of aryl methyl sites for hydroxylation is 1. The minimum Gasteiger partial charge on any atom is -0.440 e. The molecule has 82 valence electrons. The molecule has 1 N–H and O–H groups in total. The van der Waals surface area contributed by atoms with Crippen LogP contribution in [0.15, 0.2) is 28.7 Å². The largest absolute Gasteiger partial charge is 0.440 e. The number of oxazole rings is 1. The molecule has 1 aromatic carbocycles. The maximum atomic E-state index is 5.77. The van der Waals surface area contributed by atoms with Crippen molar-refractivity contribution in [2.75, 3.05) is 6.54 Å². The van der Waals surface area contributed by atoms with Crippen molar-refractivity contribution in [1.82, 2.24) is 10.3 Å². The molecule has 0 unspecified atom stereocenters. The third-order valence-electron chi connectivity index (χ3n) is 2.87. The second-order valence-electron chi connectivity index (χ2n) is 4.19. The van der Waals surface area contributed by atoms with Gasteiger partial charge in [0.2, 0.25) is 5.89 Å². The minimum atomic E-state index is 0.748. The minimum absolute atomic E-state index is 0.748. The van der Waals surface area contributed by atoms with E-state index in [-0.39, 0.29) is 0 Å². The van der Waals surface area contributed by atoms with E-state index < -0.39 is 0 Å². The van der Waals surface area contributed by atoms with Gasteiger partial charge in [-0.05, 0) is 19.1 Å². The molecule has 2 aromatic rings. The van der Waals surface area contributed by atoms with E-state index in [0.29, 0.717) is 0 Å². The maximum absolute atomic E-state index is 5.77. The van der Waals surface area contributed by atoms with Crippen LogP contribution in [0.5, 0.6) is 0 Å². The van der Waals surface area contributed by atoms with Crippen molar-refractivity contribution >= 4 is 0 Å². The molecule has 16 heavy (non-hydrogen) atoms. The van der Waals surface area contributed by atoms with Crippen LogP contribution in [0.25, 0.3) is 11.5 Å². The van der Waals surface area contributed by atoms with Crippen molar-refractivity contribution in [1.29, 1.82) is 0 Å². The van der Waals surface area contributed by atoms with Gasteiger partial charge in [-0.25, -0.2) is 4.98 Å². The molecule has 0 atom stereocenters. The summed E-state index contributed by atoms with van der Waals surface area (Å²) in [6, 6.07) is 8.25. The summed E-state index contributed by atoms with van der Waals surface area (Å²) in [4.78, 5) is 4.56. The molecule has 3 rings (SSSR count). The standard InChI is InChI=1S/C13H14N2O/c1-9-3-2-4-10(7-9)13-15-11-5-6-14-8-12(11)16-13/h2-4,7,14H,5-6,8H2,1H3. The van der Waals surface area contributed by atoms with E-state index in [0.717, 1.165) is 42.4 Å². The van der Waals surface area contributed by atoms with Gasteiger partial charge in [-0.2, -0.15) is 0 Å². The van der Waals surface area contributed by atoms with Crippen LogP contribution in [0.3, 0.4) is 0 Å². The van der Waals surface area contributed by atoms with Crippen molar-refractivity contribution in [2.24, 2.45) is 0 Å². The summed E-state index contributed by atoms with van der Waals surface area (Å²) in [5.41, 5.74) is 3.40. The van der Waals surface area contributed by atoms with Crippen LogP contribution in [-0.2, 0) is 13.0 Å². The third kappa shape index (κ3) is 1.63. The van der Waals surface area contributed by atoms with Crippen LogP contribution < -0.4 is 5.32 Å². The van der Waals surface area contributed by atoms with Gasteiger partial charge >= 0.3 is 0 Å². The molecule has 0 amide bonds. The lowest BCUT2D eigenvalue weighted by atomic mass is 10.1. The predicted octanol–water partition coefficient (Wildman–Crippen LogP) is 2.30. The molecule has 1 aliphatic heterocycles. The lowest BCUT2D eigenvalue weighted by molar-refractivity contribution is 0.471. The highest BCUT2D eigenvalue weighted by Crippen LogP contribution is 2.24. The quantitative estimate of drug-likeness (QED) is 0.791. The highest BCUT2D eigenvalue weighted by molar-refractivity contribution is 5.55. The first-order chi connectivity index (χ1) is 7.83. The predicted molar refractivity (Wildman–Crippen MR) is 62.1 cm³/mol. The second-order valence-corrected chi connectivity index (χ2v) is 4.19. The molecule has 3 nitrogen and oxygen atoms in total. The Balaban J connectivity index is 2.03. The number of benzene rings is 1. The molecule has 0 bridgehead atoms. The average molecular weight is 214 g/mol. The van der Waals surface area contributed by atoms with Crippen LogP contribution in [-0.4, -0.2) is 11.5 Å². The second kappa shape index (κ2) is 3.76. The summed E-state index contributed by atoms with van der Waals surface area (Å²) in [5.74, 6) is 1.74. The van der Waals surface area contributed by atoms with E-state index >= 15 is 0 Å². The monoisotopic (exact) mass is 214 g/mol. The molecule has 1 aliphatic rings. The van der Waals surface area contributed by atoms with Crippen molar-refractivity contribution in [2.45, 2.75) is 19.9 Å². The summed E-state index contributed by atoms with van der Waals surface area (Å²) < 4.78 is 5.77. The van der Waals surface area contributed by atoms with E-state index in [4.69, 9.17) is 4.42 Å². The van der Waals surface area contributed by atoms with Crippen LogP contribution in [0.1, 0.15) is 17.0 Å². The summed E-state index contributed by atoms with van der Waals surface area (Å²) >= 11 is 0. The van der Waals surface area contributed by atoms with Gasteiger partial charge in [0.15, 0.2) is 0 Å². The summed E-state index contributed by atoms with van der Waals surface area (Å²) in [7, 11) is 0. The number of nitrogens with zero attached hydrogens (tertiary/aromatic N) is 1. The molecule has 0 spiro atoms. The Morgan fingerprint density at radius 3 is 3.12 bits per heavy atom.